The van der Waals surface area contributed by atoms with Crippen LogP contribution < -0.4 is 10.9 Å². The lowest BCUT2D eigenvalue weighted by molar-refractivity contribution is -0.117. The van der Waals surface area contributed by atoms with Crippen LogP contribution in [0.5, 0.6) is 0 Å². The standard InChI is InChI=1S/C24H27N3O2/c1-15(2)19-6-8-20(9-7-19)25-23(28)14-27-24(29)11-10-22(26-27)21-13-17(4)16(3)12-18(21)5/h6-13,15H,14H2,1-5H3,(H,25,28). The SMILES string of the molecule is Cc1cc(C)c(-c2ccc(=O)n(CC(=O)Nc3ccc(C(C)C)cc3)n2)cc1C. The third-order valence-electron chi connectivity index (χ3n) is 5.14. The number of anilines is 1. The molecule has 0 fully saturated rings. The van der Waals surface area contributed by atoms with E-state index >= 15 is 0 Å². The fourth-order valence-electron chi connectivity index (χ4n) is 3.23. The van der Waals surface area contributed by atoms with E-state index in [4.69, 9.17) is 0 Å². The van der Waals surface area contributed by atoms with Crippen LogP contribution in [-0.4, -0.2) is 15.7 Å². The molecule has 1 amide bonds. The predicted molar refractivity (Wildman–Crippen MR) is 117 cm³/mol. The van der Waals surface area contributed by atoms with E-state index in [2.05, 4.69) is 43.3 Å². The summed E-state index contributed by atoms with van der Waals surface area (Å²) in [5.41, 5.74) is 6.70. The molecule has 1 heterocycles. The van der Waals surface area contributed by atoms with E-state index in [9.17, 15) is 9.59 Å². The molecule has 5 nitrogen and oxygen atoms in total. The first-order chi connectivity index (χ1) is 13.7. The average Bonchev–Trinajstić information content (AvgIpc) is 2.67. The van der Waals surface area contributed by atoms with E-state index in [-0.39, 0.29) is 18.0 Å². The zero-order chi connectivity index (χ0) is 21.1. The van der Waals surface area contributed by atoms with Crippen molar-refractivity contribution < 1.29 is 4.79 Å². The van der Waals surface area contributed by atoms with Crippen molar-refractivity contribution in [3.8, 4) is 11.3 Å². The van der Waals surface area contributed by atoms with Crippen LogP contribution in [0.2, 0.25) is 0 Å². The van der Waals surface area contributed by atoms with Crippen molar-refractivity contribution in [2.45, 2.75) is 47.1 Å². The van der Waals surface area contributed by atoms with Crippen LogP contribution in [0, 0.1) is 20.8 Å². The van der Waals surface area contributed by atoms with Gasteiger partial charge >= 0.3 is 0 Å². The number of hydrogen-bond donors (Lipinski definition) is 1. The molecule has 0 atom stereocenters. The van der Waals surface area contributed by atoms with Gasteiger partial charge in [0.05, 0.1) is 5.69 Å². The second kappa shape index (κ2) is 8.43. The maximum Gasteiger partial charge on any atom is 0.267 e. The summed E-state index contributed by atoms with van der Waals surface area (Å²) in [5, 5.41) is 7.27. The molecule has 0 saturated heterocycles. The summed E-state index contributed by atoms with van der Waals surface area (Å²) in [4.78, 5) is 24.7. The molecule has 1 aromatic heterocycles. The number of nitrogens with zero attached hydrogens (tertiary/aromatic N) is 2. The normalized spacial score (nSPS) is 11.0. The molecule has 0 unspecified atom stereocenters. The number of carbonyl (C=O) groups is 1. The van der Waals surface area contributed by atoms with Crippen LogP contribution in [0.4, 0.5) is 5.69 Å². The summed E-state index contributed by atoms with van der Waals surface area (Å²) in [5.74, 6) is 0.144. The van der Waals surface area contributed by atoms with Crippen LogP contribution in [-0.2, 0) is 11.3 Å². The van der Waals surface area contributed by atoms with E-state index in [1.807, 2.05) is 38.1 Å². The Balaban J connectivity index is 1.81. The lowest BCUT2D eigenvalue weighted by Crippen LogP contribution is -2.29. The molecule has 0 bridgehead atoms. The molecule has 0 radical (unpaired) electrons. The van der Waals surface area contributed by atoms with E-state index in [0.29, 0.717) is 17.3 Å². The molecule has 2 aromatic carbocycles. The van der Waals surface area contributed by atoms with E-state index in [1.165, 1.54) is 21.9 Å². The Labute approximate surface area is 171 Å². The second-order valence-corrected chi connectivity index (χ2v) is 7.79. The highest BCUT2D eigenvalue weighted by Crippen LogP contribution is 2.24. The Hall–Kier alpha value is -3.21. The highest BCUT2D eigenvalue weighted by Gasteiger charge is 2.11. The van der Waals surface area contributed by atoms with Gasteiger partial charge in [0, 0.05) is 17.3 Å². The summed E-state index contributed by atoms with van der Waals surface area (Å²) in [6, 6.07) is 15.1. The van der Waals surface area contributed by atoms with Crippen LogP contribution in [0.15, 0.2) is 53.3 Å². The first-order valence-electron chi connectivity index (χ1n) is 9.81. The fraction of sp³-hybridized carbons (Fsp3) is 0.292. The number of rotatable bonds is 5. The summed E-state index contributed by atoms with van der Waals surface area (Å²) in [6.45, 7) is 10.2. The number of benzene rings is 2. The minimum Gasteiger partial charge on any atom is -0.324 e. The van der Waals surface area contributed by atoms with E-state index in [1.54, 1.807) is 6.07 Å². The number of carbonyl (C=O) groups excluding carboxylic acids is 1. The van der Waals surface area contributed by atoms with Gasteiger partial charge in [-0.05, 0) is 73.2 Å². The van der Waals surface area contributed by atoms with Crippen molar-refractivity contribution in [2.75, 3.05) is 5.32 Å². The summed E-state index contributed by atoms with van der Waals surface area (Å²) in [7, 11) is 0. The maximum absolute atomic E-state index is 12.5. The van der Waals surface area contributed by atoms with Crippen molar-refractivity contribution in [1.29, 1.82) is 0 Å². The monoisotopic (exact) mass is 389 g/mol. The van der Waals surface area contributed by atoms with Crippen molar-refractivity contribution in [3.05, 3.63) is 81.1 Å². The number of hydrogen-bond acceptors (Lipinski definition) is 3. The van der Waals surface area contributed by atoms with Crippen molar-refractivity contribution in [3.63, 3.8) is 0 Å². The Morgan fingerprint density at radius 3 is 2.28 bits per heavy atom. The smallest absolute Gasteiger partial charge is 0.267 e. The molecule has 0 aliphatic rings. The van der Waals surface area contributed by atoms with Crippen molar-refractivity contribution in [1.82, 2.24) is 9.78 Å². The zero-order valence-electron chi connectivity index (χ0n) is 17.6. The third kappa shape index (κ3) is 4.80. The van der Waals surface area contributed by atoms with Gasteiger partial charge in [-0.1, -0.05) is 32.0 Å². The molecule has 1 N–H and O–H groups in total. The number of nitrogens with one attached hydrogen (secondary N) is 1. The van der Waals surface area contributed by atoms with Gasteiger partial charge in [0.1, 0.15) is 6.54 Å². The topological polar surface area (TPSA) is 64.0 Å². The minimum absolute atomic E-state index is 0.136. The van der Waals surface area contributed by atoms with Gasteiger partial charge in [0.15, 0.2) is 0 Å². The minimum atomic E-state index is -0.305. The molecule has 0 spiro atoms. The van der Waals surface area contributed by atoms with Crippen LogP contribution in [0.3, 0.4) is 0 Å². The first kappa shape index (κ1) is 20.5. The van der Waals surface area contributed by atoms with Gasteiger partial charge in [-0.3, -0.25) is 9.59 Å². The van der Waals surface area contributed by atoms with E-state index in [0.717, 1.165) is 16.7 Å². The summed E-state index contributed by atoms with van der Waals surface area (Å²) in [6.07, 6.45) is 0. The Morgan fingerprint density at radius 2 is 1.62 bits per heavy atom. The van der Waals surface area contributed by atoms with Gasteiger partial charge < -0.3 is 5.32 Å². The molecule has 0 aliphatic heterocycles. The quantitative estimate of drug-likeness (QED) is 0.694. The molecule has 150 valence electrons. The Morgan fingerprint density at radius 1 is 0.966 bits per heavy atom. The predicted octanol–water partition coefficient (Wildman–Crippen LogP) is 4.60. The molecule has 0 aliphatic carbocycles. The van der Waals surface area contributed by atoms with E-state index < -0.39 is 0 Å². The average molecular weight is 389 g/mol. The molecule has 3 aromatic rings. The molecular formula is C24H27N3O2. The molecule has 5 heteroatoms. The lowest BCUT2D eigenvalue weighted by atomic mass is 9.99. The largest absolute Gasteiger partial charge is 0.324 e. The van der Waals surface area contributed by atoms with Crippen LogP contribution in [0.1, 0.15) is 42.0 Å². The third-order valence-corrected chi connectivity index (χ3v) is 5.14. The summed E-state index contributed by atoms with van der Waals surface area (Å²) < 4.78 is 1.21. The van der Waals surface area contributed by atoms with Gasteiger partial charge in [0.25, 0.3) is 5.56 Å². The lowest BCUT2D eigenvalue weighted by Gasteiger charge is -2.12. The van der Waals surface area contributed by atoms with Gasteiger partial charge in [-0.25, -0.2) is 4.68 Å². The number of amides is 1. The Kier molecular flexibility index (Phi) is 5.97. The van der Waals surface area contributed by atoms with Gasteiger partial charge in [-0.15, -0.1) is 0 Å². The molecule has 29 heavy (non-hydrogen) atoms. The van der Waals surface area contributed by atoms with Crippen LogP contribution in [0.25, 0.3) is 11.3 Å². The molecule has 3 rings (SSSR count). The highest BCUT2D eigenvalue weighted by atomic mass is 16.2. The maximum atomic E-state index is 12.5. The fourth-order valence-corrected chi connectivity index (χ4v) is 3.23. The zero-order valence-corrected chi connectivity index (χ0v) is 17.6. The number of aryl methyl sites for hydroxylation is 3. The highest BCUT2D eigenvalue weighted by molar-refractivity contribution is 5.90. The second-order valence-electron chi connectivity index (χ2n) is 7.79. The first-order valence-corrected chi connectivity index (χ1v) is 9.81. The molecule has 0 saturated carbocycles. The van der Waals surface area contributed by atoms with Gasteiger partial charge in [0.2, 0.25) is 5.91 Å². The number of aromatic nitrogens is 2. The van der Waals surface area contributed by atoms with Crippen LogP contribution >= 0.6 is 0 Å². The molecular weight excluding hydrogens is 362 g/mol. The van der Waals surface area contributed by atoms with Gasteiger partial charge in [-0.2, -0.15) is 5.10 Å². The van der Waals surface area contributed by atoms with Crippen molar-refractivity contribution in [2.24, 2.45) is 0 Å². The Bertz CT molecular complexity index is 1100. The van der Waals surface area contributed by atoms with Crippen molar-refractivity contribution >= 4 is 11.6 Å². The summed E-state index contributed by atoms with van der Waals surface area (Å²) >= 11 is 0.